The first-order valence-electron chi connectivity index (χ1n) is 5.73. The predicted octanol–water partition coefficient (Wildman–Crippen LogP) is 1.96. The minimum atomic E-state index is -0.255. The highest BCUT2D eigenvalue weighted by atomic mass is 19.1. The Hall–Kier alpha value is -1.42. The molecule has 4 heteroatoms. The van der Waals surface area contributed by atoms with Gasteiger partial charge in [0.2, 0.25) is 5.91 Å². The Bertz CT molecular complexity index is 387. The fraction of sp³-hybridized carbons (Fsp3) is 0.462. The molecule has 0 N–H and O–H groups in total. The minimum Gasteiger partial charge on any atom is -0.375 e. The van der Waals surface area contributed by atoms with E-state index >= 15 is 0 Å². The molecule has 1 amide bonds. The molecule has 1 aliphatic rings. The monoisotopic (exact) mass is 237 g/mol. The number of rotatable bonds is 5. The first kappa shape index (κ1) is 12.0. The van der Waals surface area contributed by atoms with Crippen molar-refractivity contribution >= 4 is 5.91 Å². The molecule has 0 radical (unpaired) electrons. The number of benzene rings is 1. The van der Waals surface area contributed by atoms with Crippen LogP contribution in [0.25, 0.3) is 0 Å². The number of hydrogen-bond donors (Lipinski definition) is 0. The van der Waals surface area contributed by atoms with Gasteiger partial charge < -0.3 is 9.64 Å². The molecular weight excluding hydrogens is 221 g/mol. The number of ether oxygens (including phenoxy) is 1. The van der Waals surface area contributed by atoms with E-state index in [1.54, 1.807) is 12.1 Å². The van der Waals surface area contributed by atoms with Crippen molar-refractivity contribution in [1.82, 2.24) is 4.90 Å². The summed E-state index contributed by atoms with van der Waals surface area (Å²) in [6, 6.07) is 6.60. The number of hydrogen-bond acceptors (Lipinski definition) is 2. The number of amides is 1. The summed E-state index contributed by atoms with van der Waals surface area (Å²) in [6.45, 7) is 0.644. The average Bonchev–Trinajstić information content (AvgIpc) is 3.12. The highest BCUT2D eigenvalue weighted by molar-refractivity contribution is 5.78. The molecule has 0 spiro atoms. The van der Waals surface area contributed by atoms with E-state index in [2.05, 4.69) is 0 Å². The fourth-order valence-electron chi connectivity index (χ4n) is 1.80. The third-order valence-corrected chi connectivity index (χ3v) is 2.84. The molecule has 0 aromatic heterocycles. The Morgan fingerprint density at radius 3 is 2.59 bits per heavy atom. The van der Waals surface area contributed by atoms with Gasteiger partial charge in [-0.15, -0.1) is 0 Å². The smallest absolute Gasteiger partial charge is 0.249 e. The van der Waals surface area contributed by atoms with Crippen LogP contribution < -0.4 is 0 Å². The zero-order valence-electron chi connectivity index (χ0n) is 9.86. The van der Waals surface area contributed by atoms with Crippen LogP contribution in [0.5, 0.6) is 0 Å². The van der Waals surface area contributed by atoms with Crippen molar-refractivity contribution in [2.75, 3.05) is 13.7 Å². The van der Waals surface area contributed by atoms with Crippen LogP contribution in [-0.2, 0) is 16.1 Å². The molecule has 0 atom stereocenters. The molecule has 92 valence electrons. The first-order valence-corrected chi connectivity index (χ1v) is 5.73. The number of carbonyl (C=O) groups is 1. The Morgan fingerprint density at radius 2 is 2.06 bits per heavy atom. The second-order valence-corrected chi connectivity index (χ2v) is 4.31. The summed E-state index contributed by atoms with van der Waals surface area (Å²) < 4.78 is 17.6. The van der Waals surface area contributed by atoms with Crippen LogP contribution in [0.15, 0.2) is 24.3 Å². The quantitative estimate of drug-likeness (QED) is 0.783. The zero-order valence-corrected chi connectivity index (χ0v) is 9.86. The molecule has 0 saturated heterocycles. The third kappa shape index (κ3) is 3.27. The van der Waals surface area contributed by atoms with Crippen molar-refractivity contribution in [3.05, 3.63) is 35.6 Å². The summed E-state index contributed by atoms with van der Waals surface area (Å²) in [5, 5.41) is 0. The van der Waals surface area contributed by atoms with Crippen LogP contribution in [0.4, 0.5) is 4.39 Å². The van der Waals surface area contributed by atoms with E-state index < -0.39 is 0 Å². The van der Waals surface area contributed by atoms with Crippen molar-refractivity contribution in [1.29, 1.82) is 0 Å². The highest BCUT2D eigenvalue weighted by Crippen LogP contribution is 2.28. The first-order chi connectivity index (χ1) is 8.20. The lowest BCUT2D eigenvalue weighted by molar-refractivity contribution is -0.136. The maximum absolute atomic E-state index is 12.8. The van der Waals surface area contributed by atoms with Gasteiger partial charge in [-0.1, -0.05) is 12.1 Å². The standard InChI is InChI=1S/C13H16FNO2/c1-17-9-13(16)15(12-6-7-12)8-10-2-4-11(14)5-3-10/h2-5,12H,6-9H2,1H3. The topological polar surface area (TPSA) is 29.5 Å². The summed E-state index contributed by atoms with van der Waals surface area (Å²) in [5.74, 6) is -0.255. The lowest BCUT2D eigenvalue weighted by atomic mass is 10.2. The van der Waals surface area contributed by atoms with Gasteiger partial charge in [-0.05, 0) is 30.5 Å². The van der Waals surface area contributed by atoms with Crippen LogP contribution >= 0.6 is 0 Å². The van der Waals surface area contributed by atoms with Gasteiger partial charge in [0, 0.05) is 19.7 Å². The van der Waals surface area contributed by atoms with E-state index in [1.165, 1.54) is 19.2 Å². The van der Waals surface area contributed by atoms with Crippen molar-refractivity contribution < 1.29 is 13.9 Å². The van der Waals surface area contributed by atoms with Crippen molar-refractivity contribution in [2.45, 2.75) is 25.4 Å². The number of halogens is 1. The molecule has 0 bridgehead atoms. The van der Waals surface area contributed by atoms with Crippen LogP contribution in [-0.4, -0.2) is 30.6 Å². The summed E-state index contributed by atoms with van der Waals surface area (Å²) in [4.78, 5) is 13.6. The summed E-state index contributed by atoms with van der Waals surface area (Å²) in [6.07, 6.45) is 2.10. The van der Waals surface area contributed by atoms with E-state index in [4.69, 9.17) is 4.74 Å². The predicted molar refractivity (Wildman–Crippen MR) is 61.8 cm³/mol. The molecule has 2 rings (SSSR count). The molecule has 0 aliphatic heterocycles. The molecule has 3 nitrogen and oxygen atoms in total. The molecule has 0 unspecified atom stereocenters. The number of carbonyl (C=O) groups excluding carboxylic acids is 1. The number of methoxy groups -OCH3 is 1. The second-order valence-electron chi connectivity index (χ2n) is 4.31. The Labute approximate surface area is 100 Å². The SMILES string of the molecule is COCC(=O)N(Cc1ccc(F)cc1)C1CC1. The van der Waals surface area contributed by atoms with Crippen LogP contribution in [0.2, 0.25) is 0 Å². The van der Waals surface area contributed by atoms with E-state index in [0.717, 1.165) is 18.4 Å². The average molecular weight is 237 g/mol. The van der Waals surface area contributed by atoms with Gasteiger partial charge in [0.1, 0.15) is 12.4 Å². The van der Waals surface area contributed by atoms with Gasteiger partial charge in [0.15, 0.2) is 0 Å². The van der Waals surface area contributed by atoms with Gasteiger partial charge in [-0.25, -0.2) is 4.39 Å². The van der Waals surface area contributed by atoms with Crippen molar-refractivity contribution in [3.63, 3.8) is 0 Å². The number of nitrogens with zero attached hydrogens (tertiary/aromatic N) is 1. The molecule has 0 heterocycles. The molecule has 1 aliphatic carbocycles. The van der Waals surface area contributed by atoms with Gasteiger partial charge in [-0.3, -0.25) is 4.79 Å². The lowest BCUT2D eigenvalue weighted by Crippen LogP contribution is -2.35. The van der Waals surface area contributed by atoms with Gasteiger partial charge in [0.05, 0.1) is 0 Å². The molecule has 1 fully saturated rings. The van der Waals surface area contributed by atoms with Crippen molar-refractivity contribution in [3.8, 4) is 0 Å². The summed E-state index contributed by atoms with van der Waals surface area (Å²) in [5.41, 5.74) is 0.947. The van der Waals surface area contributed by atoms with E-state index in [-0.39, 0.29) is 18.3 Å². The molecule has 1 aromatic rings. The van der Waals surface area contributed by atoms with Crippen LogP contribution in [0.1, 0.15) is 18.4 Å². The molecular formula is C13H16FNO2. The molecule has 1 saturated carbocycles. The van der Waals surface area contributed by atoms with E-state index in [0.29, 0.717) is 12.6 Å². The second kappa shape index (κ2) is 5.27. The van der Waals surface area contributed by atoms with Gasteiger partial charge >= 0.3 is 0 Å². The van der Waals surface area contributed by atoms with E-state index in [1.807, 2.05) is 4.90 Å². The Kier molecular flexibility index (Phi) is 3.74. The van der Waals surface area contributed by atoms with Gasteiger partial charge in [-0.2, -0.15) is 0 Å². The largest absolute Gasteiger partial charge is 0.375 e. The maximum atomic E-state index is 12.8. The normalized spacial score (nSPS) is 14.7. The Balaban J connectivity index is 2.02. The lowest BCUT2D eigenvalue weighted by Gasteiger charge is -2.22. The third-order valence-electron chi connectivity index (χ3n) is 2.84. The fourth-order valence-corrected chi connectivity index (χ4v) is 1.80. The van der Waals surface area contributed by atoms with E-state index in [9.17, 15) is 9.18 Å². The van der Waals surface area contributed by atoms with Crippen molar-refractivity contribution in [2.24, 2.45) is 0 Å². The summed E-state index contributed by atoms with van der Waals surface area (Å²) in [7, 11) is 1.51. The highest BCUT2D eigenvalue weighted by Gasteiger charge is 2.32. The van der Waals surface area contributed by atoms with Crippen LogP contribution in [0.3, 0.4) is 0 Å². The maximum Gasteiger partial charge on any atom is 0.249 e. The van der Waals surface area contributed by atoms with Crippen LogP contribution in [0, 0.1) is 5.82 Å². The van der Waals surface area contributed by atoms with Gasteiger partial charge in [0.25, 0.3) is 0 Å². The Morgan fingerprint density at radius 1 is 1.41 bits per heavy atom. The minimum absolute atomic E-state index is 0.000625. The molecule has 1 aromatic carbocycles. The zero-order chi connectivity index (χ0) is 12.3. The summed E-state index contributed by atoms with van der Waals surface area (Å²) >= 11 is 0. The molecule has 17 heavy (non-hydrogen) atoms.